The van der Waals surface area contributed by atoms with E-state index in [9.17, 15) is 9.59 Å². The van der Waals surface area contributed by atoms with Gasteiger partial charge in [0.25, 0.3) is 5.91 Å². The highest BCUT2D eigenvalue weighted by molar-refractivity contribution is 7.98. The molecule has 0 spiro atoms. The molecule has 6 heteroatoms. The maximum atomic E-state index is 12.6. The first kappa shape index (κ1) is 18.0. The number of fused-ring (bicyclic) bond motifs is 1. The summed E-state index contributed by atoms with van der Waals surface area (Å²) in [5, 5.41) is 2.90. The van der Waals surface area contributed by atoms with Gasteiger partial charge in [-0.3, -0.25) is 9.59 Å². The number of thioether (sulfide) groups is 1. The fourth-order valence-electron chi connectivity index (χ4n) is 3.01. The molecule has 132 valence electrons. The van der Waals surface area contributed by atoms with Crippen LogP contribution in [0, 0.1) is 0 Å². The minimum absolute atomic E-state index is 0.0457. The van der Waals surface area contributed by atoms with Crippen molar-refractivity contribution in [2.75, 3.05) is 25.2 Å². The third-order valence-corrected chi connectivity index (χ3v) is 6.34. The lowest BCUT2D eigenvalue weighted by atomic mass is 9.99. The minimum Gasteiger partial charge on any atom is -0.332 e. The third-order valence-electron chi connectivity index (χ3n) is 4.32. The highest BCUT2D eigenvalue weighted by atomic mass is 32.2. The molecule has 1 N–H and O–H groups in total. The van der Waals surface area contributed by atoms with Gasteiger partial charge in [-0.15, -0.1) is 23.1 Å². The molecule has 0 saturated carbocycles. The van der Waals surface area contributed by atoms with Crippen molar-refractivity contribution >= 4 is 40.6 Å². The standard InChI is InChI=1S/C19H22N2O2S2/c1-21(12-18(22)20-14-8-4-6-10-16(14)24-2)19(23)17-11-13-7-3-5-9-15(13)25-17/h4,6,8,10-11H,3,5,7,9,12H2,1-2H3,(H,20,22). The molecule has 4 nitrogen and oxygen atoms in total. The monoisotopic (exact) mass is 374 g/mol. The van der Waals surface area contributed by atoms with Gasteiger partial charge in [0, 0.05) is 16.8 Å². The Hall–Kier alpha value is -1.79. The van der Waals surface area contributed by atoms with Crippen LogP contribution in [-0.4, -0.2) is 36.6 Å². The van der Waals surface area contributed by atoms with E-state index in [-0.39, 0.29) is 18.4 Å². The quantitative estimate of drug-likeness (QED) is 0.803. The Bertz CT molecular complexity index is 762. The van der Waals surface area contributed by atoms with E-state index in [0.717, 1.165) is 28.3 Å². The maximum Gasteiger partial charge on any atom is 0.264 e. The number of nitrogens with one attached hydrogen (secondary N) is 1. The second kappa shape index (κ2) is 8.06. The smallest absolute Gasteiger partial charge is 0.264 e. The topological polar surface area (TPSA) is 49.4 Å². The van der Waals surface area contributed by atoms with Gasteiger partial charge in [-0.25, -0.2) is 0 Å². The number of hydrogen-bond acceptors (Lipinski definition) is 4. The predicted octanol–water partition coefficient (Wildman–Crippen LogP) is 4.06. The van der Waals surface area contributed by atoms with Crippen molar-refractivity contribution in [3.05, 3.63) is 45.6 Å². The Morgan fingerprint density at radius 2 is 2.00 bits per heavy atom. The SMILES string of the molecule is CSc1ccccc1NC(=O)CN(C)C(=O)c1cc2c(s1)CCCC2. The molecule has 0 radical (unpaired) electrons. The lowest BCUT2D eigenvalue weighted by molar-refractivity contribution is -0.116. The van der Waals surface area contributed by atoms with E-state index in [0.29, 0.717) is 0 Å². The Balaban J connectivity index is 1.63. The fraction of sp³-hybridized carbons (Fsp3) is 0.368. The summed E-state index contributed by atoms with van der Waals surface area (Å²) < 4.78 is 0. The zero-order chi connectivity index (χ0) is 17.8. The molecule has 0 unspecified atom stereocenters. The number of carbonyl (C=O) groups is 2. The molecular weight excluding hydrogens is 352 g/mol. The number of anilines is 1. The average Bonchev–Trinajstić information content (AvgIpc) is 3.05. The summed E-state index contributed by atoms with van der Waals surface area (Å²) in [5.74, 6) is -0.258. The highest BCUT2D eigenvalue weighted by Crippen LogP contribution is 2.30. The largest absolute Gasteiger partial charge is 0.332 e. The van der Waals surface area contributed by atoms with E-state index in [4.69, 9.17) is 0 Å². The van der Waals surface area contributed by atoms with Crippen molar-refractivity contribution in [2.45, 2.75) is 30.6 Å². The molecule has 1 aliphatic carbocycles. The van der Waals surface area contributed by atoms with Crippen LogP contribution >= 0.6 is 23.1 Å². The summed E-state index contributed by atoms with van der Waals surface area (Å²) in [5.41, 5.74) is 2.10. The molecule has 1 aliphatic rings. The summed E-state index contributed by atoms with van der Waals surface area (Å²) in [6.07, 6.45) is 6.51. The van der Waals surface area contributed by atoms with Crippen LogP contribution < -0.4 is 5.32 Å². The van der Waals surface area contributed by atoms with Crippen LogP contribution in [0.25, 0.3) is 0 Å². The number of amides is 2. The normalized spacial score (nSPS) is 13.2. The molecule has 0 fully saturated rings. The van der Waals surface area contributed by atoms with Crippen molar-refractivity contribution in [3.8, 4) is 0 Å². The molecule has 25 heavy (non-hydrogen) atoms. The Morgan fingerprint density at radius 3 is 2.76 bits per heavy atom. The number of para-hydroxylation sites is 1. The lowest BCUT2D eigenvalue weighted by Gasteiger charge is -2.16. The third kappa shape index (κ3) is 4.25. The van der Waals surface area contributed by atoms with E-state index in [1.807, 2.05) is 36.6 Å². The molecule has 0 aliphatic heterocycles. The molecule has 1 aromatic heterocycles. The van der Waals surface area contributed by atoms with E-state index < -0.39 is 0 Å². The number of thiophene rings is 1. The van der Waals surface area contributed by atoms with Gasteiger partial charge >= 0.3 is 0 Å². The van der Waals surface area contributed by atoms with Gasteiger partial charge in [0.05, 0.1) is 17.1 Å². The molecular formula is C19H22N2O2S2. The Morgan fingerprint density at radius 1 is 1.24 bits per heavy atom. The van der Waals surface area contributed by atoms with Crippen molar-refractivity contribution in [2.24, 2.45) is 0 Å². The van der Waals surface area contributed by atoms with Crippen LogP contribution in [-0.2, 0) is 17.6 Å². The number of likely N-dealkylation sites (N-methyl/N-ethyl adjacent to an activating group) is 1. The Kier molecular flexibility index (Phi) is 5.81. The molecule has 0 atom stereocenters. The minimum atomic E-state index is -0.182. The molecule has 3 rings (SSSR count). The zero-order valence-corrected chi connectivity index (χ0v) is 16.1. The summed E-state index contributed by atoms with van der Waals surface area (Å²) in [7, 11) is 1.68. The number of benzene rings is 1. The highest BCUT2D eigenvalue weighted by Gasteiger charge is 2.21. The van der Waals surface area contributed by atoms with Crippen molar-refractivity contribution < 1.29 is 9.59 Å². The number of carbonyl (C=O) groups excluding carboxylic acids is 2. The summed E-state index contributed by atoms with van der Waals surface area (Å²) in [4.78, 5) is 29.5. The van der Waals surface area contributed by atoms with Gasteiger partial charge in [-0.1, -0.05) is 12.1 Å². The number of rotatable bonds is 5. The van der Waals surface area contributed by atoms with Crippen LogP contribution in [0.1, 0.15) is 33.0 Å². The number of aryl methyl sites for hydroxylation is 2. The number of nitrogens with zero attached hydrogens (tertiary/aromatic N) is 1. The van der Waals surface area contributed by atoms with Crippen LogP contribution in [0.5, 0.6) is 0 Å². The van der Waals surface area contributed by atoms with Crippen molar-refractivity contribution in [3.63, 3.8) is 0 Å². The Labute approximate surface area is 156 Å². The van der Waals surface area contributed by atoms with Crippen LogP contribution in [0.4, 0.5) is 5.69 Å². The molecule has 0 bridgehead atoms. The van der Waals surface area contributed by atoms with E-state index >= 15 is 0 Å². The zero-order valence-electron chi connectivity index (χ0n) is 14.5. The first-order valence-corrected chi connectivity index (χ1v) is 10.4. The number of hydrogen-bond donors (Lipinski definition) is 1. The van der Waals surface area contributed by atoms with E-state index in [1.165, 1.54) is 28.2 Å². The van der Waals surface area contributed by atoms with Gasteiger partial charge in [-0.2, -0.15) is 0 Å². The molecule has 1 aromatic carbocycles. The molecule has 0 saturated heterocycles. The summed E-state index contributed by atoms with van der Waals surface area (Å²) in [6.45, 7) is 0.0457. The second-order valence-electron chi connectivity index (χ2n) is 6.18. The predicted molar refractivity (Wildman–Crippen MR) is 105 cm³/mol. The molecule has 1 heterocycles. The van der Waals surface area contributed by atoms with Crippen LogP contribution in [0.3, 0.4) is 0 Å². The summed E-state index contributed by atoms with van der Waals surface area (Å²) in [6, 6.07) is 9.68. The average molecular weight is 375 g/mol. The molecule has 2 aromatic rings. The van der Waals surface area contributed by atoms with Crippen LogP contribution in [0.2, 0.25) is 0 Å². The second-order valence-corrected chi connectivity index (χ2v) is 8.16. The first-order valence-electron chi connectivity index (χ1n) is 8.38. The van der Waals surface area contributed by atoms with E-state index in [2.05, 4.69) is 5.32 Å². The molecule has 2 amide bonds. The van der Waals surface area contributed by atoms with Gasteiger partial charge < -0.3 is 10.2 Å². The fourth-order valence-corrected chi connectivity index (χ4v) is 4.81. The van der Waals surface area contributed by atoms with Gasteiger partial charge in [0.2, 0.25) is 5.91 Å². The maximum absolute atomic E-state index is 12.6. The van der Waals surface area contributed by atoms with E-state index in [1.54, 1.807) is 30.1 Å². The summed E-state index contributed by atoms with van der Waals surface area (Å²) >= 11 is 3.16. The first-order chi connectivity index (χ1) is 12.1. The van der Waals surface area contributed by atoms with Gasteiger partial charge in [0.15, 0.2) is 0 Å². The van der Waals surface area contributed by atoms with Gasteiger partial charge in [0.1, 0.15) is 0 Å². The lowest BCUT2D eigenvalue weighted by Crippen LogP contribution is -2.34. The van der Waals surface area contributed by atoms with Crippen LogP contribution in [0.15, 0.2) is 35.2 Å². The van der Waals surface area contributed by atoms with Gasteiger partial charge in [-0.05, 0) is 55.7 Å². The van der Waals surface area contributed by atoms with Crippen molar-refractivity contribution in [1.82, 2.24) is 4.90 Å². The van der Waals surface area contributed by atoms with Crippen molar-refractivity contribution in [1.29, 1.82) is 0 Å².